The number of rotatable bonds is 5. The molecule has 26 heavy (non-hydrogen) atoms. The van der Waals surface area contributed by atoms with Crippen molar-refractivity contribution in [2.75, 3.05) is 36.0 Å². The van der Waals surface area contributed by atoms with Crippen molar-refractivity contribution in [1.29, 1.82) is 0 Å². The van der Waals surface area contributed by atoms with Gasteiger partial charge in [-0.05, 0) is 42.8 Å². The van der Waals surface area contributed by atoms with Gasteiger partial charge in [-0.2, -0.15) is 0 Å². The monoisotopic (exact) mass is 417 g/mol. The molecule has 2 aromatic carbocycles. The van der Waals surface area contributed by atoms with Gasteiger partial charge in [0.05, 0.1) is 23.5 Å². The summed E-state index contributed by atoms with van der Waals surface area (Å²) in [6, 6.07) is 14.8. The Kier molecular flexibility index (Phi) is 5.46. The van der Waals surface area contributed by atoms with Crippen LogP contribution in [0.5, 0.6) is 5.75 Å². The van der Waals surface area contributed by atoms with Gasteiger partial charge in [0.2, 0.25) is 5.96 Å². The SMILES string of the molecule is Br.O=C(O)c1ccc(OCCN2C3=NCCCN3c3ccccc32)cc1. The molecule has 0 aliphatic carbocycles. The van der Waals surface area contributed by atoms with E-state index in [2.05, 4.69) is 28.0 Å². The summed E-state index contributed by atoms with van der Waals surface area (Å²) in [5, 5.41) is 8.93. The number of anilines is 2. The molecular formula is C19H20BrN3O3. The highest BCUT2D eigenvalue weighted by Crippen LogP contribution is 2.37. The highest BCUT2D eigenvalue weighted by molar-refractivity contribution is 8.93. The first kappa shape index (κ1) is 18.3. The second-order valence-electron chi connectivity index (χ2n) is 6.01. The molecule has 0 spiro atoms. The average Bonchev–Trinajstić information content (AvgIpc) is 2.97. The molecule has 1 N–H and O–H groups in total. The Balaban J connectivity index is 0.00000196. The van der Waals surface area contributed by atoms with E-state index in [4.69, 9.17) is 14.8 Å². The number of carboxylic acid groups (broad SMARTS) is 1. The highest BCUT2D eigenvalue weighted by Gasteiger charge is 2.33. The molecule has 7 heteroatoms. The molecule has 0 fully saturated rings. The lowest BCUT2D eigenvalue weighted by molar-refractivity contribution is 0.0697. The summed E-state index contributed by atoms with van der Waals surface area (Å²) in [4.78, 5) is 20.0. The number of hydrogen-bond acceptors (Lipinski definition) is 5. The predicted octanol–water partition coefficient (Wildman–Crippen LogP) is 3.43. The van der Waals surface area contributed by atoms with Crippen molar-refractivity contribution in [3.05, 3.63) is 54.1 Å². The number of aliphatic imine (C=N–C) groups is 1. The quantitative estimate of drug-likeness (QED) is 0.806. The molecule has 0 unspecified atom stereocenters. The molecule has 0 bridgehead atoms. The van der Waals surface area contributed by atoms with Crippen LogP contribution in [0, 0.1) is 0 Å². The molecule has 0 saturated heterocycles. The van der Waals surface area contributed by atoms with Crippen LogP contribution in [0.2, 0.25) is 0 Å². The summed E-state index contributed by atoms with van der Waals surface area (Å²) in [5.74, 6) is 0.729. The van der Waals surface area contributed by atoms with Crippen molar-refractivity contribution in [3.8, 4) is 5.75 Å². The van der Waals surface area contributed by atoms with E-state index in [1.54, 1.807) is 24.3 Å². The number of guanidine groups is 1. The van der Waals surface area contributed by atoms with E-state index in [0.29, 0.717) is 18.9 Å². The molecule has 2 aliphatic heterocycles. The molecule has 6 nitrogen and oxygen atoms in total. The van der Waals surface area contributed by atoms with E-state index < -0.39 is 5.97 Å². The van der Waals surface area contributed by atoms with Gasteiger partial charge in [-0.15, -0.1) is 17.0 Å². The van der Waals surface area contributed by atoms with E-state index in [-0.39, 0.29) is 22.5 Å². The fourth-order valence-corrected chi connectivity index (χ4v) is 3.25. The zero-order valence-electron chi connectivity index (χ0n) is 14.2. The summed E-state index contributed by atoms with van der Waals surface area (Å²) >= 11 is 0. The number of carbonyl (C=O) groups is 1. The van der Waals surface area contributed by atoms with E-state index in [1.165, 1.54) is 5.69 Å². The van der Waals surface area contributed by atoms with Gasteiger partial charge in [0.1, 0.15) is 12.4 Å². The van der Waals surface area contributed by atoms with Crippen molar-refractivity contribution in [2.45, 2.75) is 6.42 Å². The van der Waals surface area contributed by atoms with Gasteiger partial charge in [0.15, 0.2) is 0 Å². The standard InChI is InChI=1S/C19H19N3O3.BrH/c23-18(24)14-6-8-15(9-7-14)25-13-12-22-17-5-2-1-4-16(17)21-11-3-10-20-19(21)22;/h1-2,4-9H,3,10-13H2,(H,23,24);1H. The number of benzene rings is 2. The average molecular weight is 418 g/mol. The molecule has 0 amide bonds. The number of carboxylic acids is 1. The molecule has 4 rings (SSSR count). The van der Waals surface area contributed by atoms with Crippen LogP contribution in [0.25, 0.3) is 0 Å². The maximum atomic E-state index is 10.9. The van der Waals surface area contributed by atoms with Crippen LogP contribution < -0.4 is 14.5 Å². The van der Waals surface area contributed by atoms with Crippen molar-refractivity contribution in [2.24, 2.45) is 4.99 Å². The Morgan fingerprint density at radius 1 is 1.12 bits per heavy atom. The number of hydrogen-bond donors (Lipinski definition) is 1. The van der Waals surface area contributed by atoms with E-state index in [0.717, 1.165) is 31.2 Å². The van der Waals surface area contributed by atoms with Crippen LogP contribution in [-0.4, -0.2) is 43.3 Å². The first-order valence-electron chi connectivity index (χ1n) is 8.39. The van der Waals surface area contributed by atoms with E-state index in [1.807, 2.05) is 6.07 Å². The summed E-state index contributed by atoms with van der Waals surface area (Å²) in [6.07, 6.45) is 1.07. The zero-order valence-corrected chi connectivity index (χ0v) is 15.9. The third kappa shape index (κ3) is 3.39. The summed E-state index contributed by atoms with van der Waals surface area (Å²) in [7, 11) is 0. The van der Waals surface area contributed by atoms with Crippen LogP contribution in [0.4, 0.5) is 11.4 Å². The molecule has 2 heterocycles. The number of aromatic carboxylic acids is 1. The van der Waals surface area contributed by atoms with E-state index in [9.17, 15) is 4.79 Å². The number of fused-ring (bicyclic) bond motifs is 3. The Hall–Kier alpha value is -2.54. The van der Waals surface area contributed by atoms with Gasteiger partial charge in [0.25, 0.3) is 0 Å². The van der Waals surface area contributed by atoms with Crippen molar-refractivity contribution < 1.29 is 14.6 Å². The van der Waals surface area contributed by atoms with E-state index >= 15 is 0 Å². The fraction of sp³-hybridized carbons (Fsp3) is 0.263. The summed E-state index contributed by atoms with van der Waals surface area (Å²) < 4.78 is 5.79. The summed E-state index contributed by atoms with van der Waals surface area (Å²) in [5.41, 5.74) is 2.62. The maximum Gasteiger partial charge on any atom is 0.335 e. The van der Waals surface area contributed by atoms with Gasteiger partial charge < -0.3 is 19.6 Å². The topological polar surface area (TPSA) is 65.4 Å². The largest absolute Gasteiger partial charge is 0.492 e. The van der Waals surface area contributed by atoms with Crippen LogP contribution in [-0.2, 0) is 0 Å². The molecule has 0 aromatic heterocycles. The maximum absolute atomic E-state index is 10.9. The fourth-order valence-electron chi connectivity index (χ4n) is 3.25. The molecule has 2 aromatic rings. The van der Waals surface area contributed by atoms with Gasteiger partial charge in [-0.1, -0.05) is 12.1 Å². The van der Waals surface area contributed by atoms with Crippen LogP contribution >= 0.6 is 17.0 Å². The van der Waals surface area contributed by atoms with Crippen LogP contribution in [0.3, 0.4) is 0 Å². The van der Waals surface area contributed by atoms with Crippen LogP contribution in [0.1, 0.15) is 16.8 Å². The van der Waals surface area contributed by atoms with Gasteiger partial charge in [-0.3, -0.25) is 4.99 Å². The number of ether oxygens (including phenoxy) is 1. The lowest BCUT2D eigenvalue weighted by atomic mass is 10.2. The third-order valence-electron chi connectivity index (χ3n) is 4.42. The first-order chi connectivity index (χ1) is 12.2. The normalized spacial score (nSPS) is 14.8. The third-order valence-corrected chi connectivity index (χ3v) is 4.42. The minimum Gasteiger partial charge on any atom is -0.492 e. The Labute approximate surface area is 162 Å². The predicted molar refractivity (Wildman–Crippen MR) is 107 cm³/mol. The van der Waals surface area contributed by atoms with Gasteiger partial charge >= 0.3 is 5.97 Å². The van der Waals surface area contributed by atoms with Crippen molar-refractivity contribution in [1.82, 2.24) is 0 Å². The van der Waals surface area contributed by atoms with Crippen molar-refractivity contribution in [3.63, 3.8) is 0 Å². The molecular weight excluding hydrogens is 398 g/mol. The lowest BCUT2D eigenvalue weighted by Crippen LogP contribution is -2.43. The minimum atomic E-state index is -0.935. The number of para-hydroxylation sites is 2. The second kappa shape index (κ2) is 7.78. The molecule has 0 saturated carbocycles. The minimum absolute atomic E-state index is 0. The van der Waals surface area contributed by atoms with Gasteiger partial charge in [-0.25, -0.2) is 4.79 Å². The molecule has 2 aliphatic rings. The Bertz CT molecular complexity index is 823. The molecule has 0 atom stereocenters. The Morgan fingerprint density at radius 3 is 2.58 bits per heavy atom. The Morgan fingerprint density at radius 2 is 1.85 bits per heavy atom. The zero-order chi connectivity index (χ0) is 17.2. The molecule has 0 radical (unpaired) electrons. The van der Waals surface area contributed by atoms with Gasteiger partial charge in [0, 0.05) is 13.1 Å². The van der Waals surface area contributed by atoms with Crippen molar-refractivity contribution >= 4 is 40.3 Å². The summed E-state index contributed by atoms with van der Waals surface area (Å²) in [6.45, 7) is 3.03. The number of halogens is 1. The van der Waals surface area contributed by atoms with Crippen LogP contribution in [0.15, 0.2) is 53.5 Å². The first-order valence-corrected chi connectivity index (χ1v) is 8.39. The lowest BCUT2D eigenvalue weighted by Gasteiger charge is -2.26. The number of nitrogens with zero attached hydrogens (tertiary/aromatic N) is 3. The smallest absolute Gasteiger partial charge is 0.335 e. The second-order valence-corrected chi connectivity index (χ2v) is 6.01. The highest BCUT2D eigenvalue weighted by atomic mass is 79.9. The molecule has 136 valence electrons.